The van der Waals surface area contributed by atoms with Crippen molar-refractivity contribution in [1.82, 2.24) is 5.32 Å². The van der Waals surface area contributed by atoms with Crippen LogP contribution in [0.5, 0.6) is 0 Å². The molecule has 0 bridgehead atoms. The molecule has 0 aromatic rings. The summed E-state index contributed by atoms with van der Waals surface area (Å²) in [4.78, 5) is 12.0. The summed E-state index contributed by atoms with van der Waals surface area (Å²) in [6, 6.07) is 0. The van der Waals surface area contributed by atoms with Crippen molar-refractivity contribution in [3.63, 3.8) is 0 Å². The van der Waals surface area contributed by atoms with Gasteiger partial charge in [0.2, 0.25) is 5.91 Å². The Balaban J connectivity index is 2.24. The van der Waals surface area contributed by atoms with Crippen LogP contribution in [0.25, 0.3) is 0 Å². The highest BCUT2D eigenvalue weighted by Gasteiger charge is 2.31. The fourth-order valence-corrected chi connectivity index (χ4v) is 3.24. The van der Waals surface area contributed by atoms with Crippen molar-refractivity contribution in [3.8, 4) is 0 Å². The van der Waals surface area contributed by atoms with E-state index in [0.29, 0.717) is 31.3 Å². The minimum atomic E-state index is -0.678. The van der Waals surface area contributed by atoms with Gasteiger partial charge in [0.15, 0.2) is 0 Å². The van der Waals surface area contributed by atoms with Crippen LogP contribution in [0, 0.1) is 11.8 Å². The maximum atomic E-state index is 12.0. The highest BCUT2D eigenvalue weighted by atomic mass is 16.3. The molecule has 0 saturated heterocycles. The molecule has 4 heteroatoms. The molecule has 0 spiro atoms. The molecule has 124 valence electrons. The molecule has 1 fully saturated rings. The molecule has 4 N–H and O–H groups in total. The van der Waals surface area contributed by atoms with E-state index in [1.165, 1.54) is 0 Å². The molecule has 1 atom stereocenters. The minimum absolute atomic E-state index is 0.0696. The number of carbonyl (C=O) groups is 1. The molecular formula is C17H34N2O2. The van der Waals surface area contributed by atoms with Crippen LogP contribution in [0.3, 0.4) is 0 Å². The van der Waals surface area contributed by atoms with E-state index in [-0.39, 0.29) is 5.91 Å². The molecule has 1 aliphatic rings. The largest absolute Gasteiger partial charge is 0.388 e. The van der Waals surface area contributed by atoms with Gasteiger partial charge in [0, 0.05) is 13.0 Å². The molecule has 1 unspecified atom stereocenters. The van der Waals surface area contributed by atoms with E-state index in [1.807, 2.05) is 0 Å². The number of hydrogen-bond donors (Lipinski definition) is 3. The van der Waals surface area contributed by atoms with Gasteiger partial charge in [-0.15, -0.1) is 0 Å². The van der Waals surface area contributed by atoms with Crippen LogP contribution >= 0.6 is 0 Å². The standard InChI is InChI=1S/C17H34N2O2/c1-3-4-15(9-12-18)5-6-16(20)19-13-17(21)10-7-14(2)8-11-17/h14-15,21H,3-13,18H2,1-2H3,(H,19,20). The molecule has 1 amide bonds. The predicted molar refractivity (Wildman–Crippen MR) is 86.9 cm³/mol. The zero-order chi connectivity index (χ0) is 15.7. The van der Waals surface area contributed by atoms with Gasteiger partial charge in [-0.2, -0.15) is 0 Å². The lowest BCUT2D eigenvalue weighted by Crippen LogP contribution is -2.45. The number of aliphatic hydroxyl groups is 1. The third-order valence-corrected chi connectivity index (χ3v) is 4.87. The van der Waals surface area contributed by atoms with Gasteiger partial charge in [0.25, 0.3) is 0 Å². The van der Waals surface area contributed by atoms with Crippen molar-refractivity contribution in [2.24, 2.45) is 17.6 Å². The van der Waals surface area contributed by atoms with Crippen LogP contribution in [0.1, 0.15) is 71.6 Å². The van der Waals surface area contributed by atoms with Crippen molar-refractivity contribution >= 4 is 5.91 Å². The van der Waals surface area contributed by atoms with Gasteiger partial charge in [-0.05, 0) is 56.9 Å². The SMILES string of the molecule is CCCC(CCN)CCC(=O)NCC1(O)CCC(C)CC1. The van der Waals surface area contributed by atoms with Crippen molar-refractivity contribution in [2.75, 3.05) is 13.1 Å². The maximum Gasteiger partial charge on any atom is 0.220 e. The van der Waals surface area contributed by atoms with E-state index in [9.17, 15) is 9.90 Å². The summed E-state index contributed by atoms with van der Waals surface area (Å²) < 4.78 is 0. The Morgan fingerprint density at radius 1 is 1.33 bits per heavy atom. The van der Waals surface area contributed by atoms with E-state index >= 15 is 0 Å². The molecule has 21 heavy (non-hydrogen) atoms. The Morgan fingerprint density at radius 3 is 2.57 bits per heavy atom. The number of carbonyl (C=O) groups excluding carboxylic acids is 1. The van der Waals surface area contributed by atoms with Crippen LogP contribution < -0.4 is 11.1 Å². The average molecular weight is 298 g/mol. The smallest absolute Gasteiger partial charge is 0.220 e. The predicted octanol–water partition coefficient (Wildman–Crippen LogP) is 2.59. The van der Waals surface area contributed by atoms with Crippen LogP contribution in [-0.2, 0) is 4.79 Å². The second-order valence-corrected chi connectivity index (χ2v) is 6.95. The normalized spacial score (nSPS) is 27.3. The molecule has 1 rings (SSSR count). The lowest BCUT2D eigenvalue weighted by Gasteiger charge is -2.35. The topological polar surface area (TPSA) is 75.4 Å². The third kappa shape index (κ3) is 7.28. The first-order chi connectivity index (χ1) is 9.99. The van der Waals surface area contributed by atoms with Gasteiger partial charge in [-0.25, -0.2) is 0 Å². The van der Waals surface area contributed by atoms with Gasteiger partial charge >= 0.3 is 0 Å². The molecule has 0 aromatic carbocycles. The summed E-state index contributed by atoms with van der Waals surface area (Å²) in [5.74, 6) is 1.33. The lowest BCUT2D eigenvalue weighted by atomic mass is 9.79. The fraction of sp³-hybridized carbons (Fsp3) is 0.941. The van der Waals surface area contributed by atoms with Crippen molar-refractivity contribution < 1.29 is 9.90 Å². The summed E-state index contributed by atoms with van der Waals surface area (Å²) in [6.45, 7) is 5.50. The third-order valence-electron chi connectivity index (χ3n) is 4.87. The molecule has 0 heterocycles. The number of hydrogen-bond acceptors (Lipinski definition) is 3. The zero-order valence-electron chi connectivity index (χ0n) is 13.9. The van der Waals surface area contributed by atoms with E-state index in [1.54, 1.807) is 0 Å². The second kappa shape index (κ2) is 9.42. The quantitative estimate of drug-likeness (QED) is 0.612. The van der Waals surface area contributed by atoms with E-state index in [4.69, 9.17) is 5.73 Å². The van der Waals surface area contributed by atoms with Crippen molar-refractivity contribution in [2.45, 2.75) is 77.2 Å². The van der Waals surface area contributed by atoms with Gasteiger partial charge in [-0.1, -0.05) is 26.7 Å². The summed E-state index contributed by atoms with van der Waals surface area (Å²) in [5.41, 5.74) is 4.94. The highest BCUT2D eigenvalue weighted by Crippen LogP contribution is 2.31. The Morgan fingerprint density at radius 2 is 2.00 bits per heavy atom. The molecule has 0 radical (unpaired) electrons. The highest BCUT2D eigenvalue weighted by molar-refractivity contribution is 5.75. The first-order valence-corrected chi connectivity index (χ1v) is 8.68. The van der Waals surface area contributed by atoms with Crippen LogP contribution in [0.4, 0.5) is 0 Å². The van der Waals surface area contributed by atoms with Crippen LogP contribution in [0.15, 0.2) is 0 Å². The molecule has 1 saturated carbocycles. The summed E-state index contributed by atoms with van der Waals surface area (Å²) >= 11 is 0. The van der Waals surface area contributed by atoms with Gasteiger partial charge in [0.1, 0.15) is 0 Å². The van der Waals surface area contributed by atoms with Gasteiger partial charge in [-0.3, -0.25) is 4.79 Å². The Labute approximate surface area is 129 Å². The first kappa shape index (κ1) is 18.4. The fourth-order valence-electron chi connectivity index (χ4n) is 3.24. The monoisotopic (exact) mass is 298 g/mol. The number of amides is 1. The average Bonchev–Trinajstić information content (AvgIpc) is 2.47. The Bertz CT molecular complexity index is 293. The Hall–Kier alpha value is -0.610. The van der Waals surface area contributed by atoms with Gasteiger partial charge in [0.05, 0.1) is 5.60 Å². The van der Waals surface area contributed by atoms with Gasteiger partial charge < -0.3 is 16.2 Å². The molecule has 1 aliphatic carbocycles. The van der Waals surface area contributed by atoms with Crippen molar-refractivity contribution in [3.05, 3.63) is 0 Å². The summed E-state index contributed by atoms with van der Waals surface area (Å²) in [5, 5.41) is 13.4. The molecule has 0 aromatic heterocycles. The van der Waals surface area contributed by atoms with Crippen LogP contribution in [-0.4, -0.2) is 29.7 Å². The summed E-state index contributed by atoms with van der Waals surface area (Å²) in [7, 11) is 0. The molecule has 0 aliphatic heterocycles. The second-order valence-electron chi connectivity index (χ2n) is 6.95. The lowest BCUT2D eigenvalue weighted by molar-refractivity contribution is -0.123. The number of nitrogens with one attached hydrogen (secondary N) is 1. The Kier molecular flexibility index (Phi) is 8.27. The van der Waals surface area contributed by atoms with E-state index < -0.39 is 5.60 Å². The number of rotatable bonds is 9. The minimum Gasteiger partial charge on any atom is -0.388 e. The number of nitrogens with two attached hydrogens (primary N) is 1. The molecule has 4 nitrogen and oxygen atoms in total. The zero-order valence-corrected chi connectivity index (χ0v) is 13.9. The van der Waals surface area contributed by atoms with E-state index in [0.717, 1.165) is 51.4 Å². The molecular weight excluding hydrogens is 264 g/mol. The maximum absolute atomic E-state index is 12.0. The van der Waals surface area contributed by atoms with E-state index in [2.05, 4.69) is 19.2 Å². The van der Waals surface area contributed by atoms with Crippen molar-refractivity contribution in [1.29, 1.82) is 0 Å². The summed E-state index contributed by atoms with van der Waals surface area (Å²) in [6.07, 6.45) is 8.48. The first-order valence-electron chi connectivity index (χ1n) is 8.68. The van der Waals surface area contributed by atoms with Crippen LogP contribution in [0.2, 0.25) is 0 Å².